The van der Waals surface area contributed by atoms with Crippen LogP contribution in [0.1, 0.15) is 47.5 Å². The maximum Gasteiger partial charge on any atom is 0.410 e. The van der Waals surface area contributed by atoms with Gasteiger partial charge in [0.15, 0.2) is 0 Å². The molecule has 1 heterocycles. The first-order valence-corrected chi connectivity index (χ1v) is 6.79. The second-order valence-electron chi connectivity index (χ2n) is 7.10. The highest BCUT2D eigenvalue weighted by Crippen LogP contribution is 2.34. The van der Waals surface area contributed by atoms with Crippen LogP contribution in [0.5, 0.6) is 0 Å². The number of piperidine rings is 1. The van der Waals surface area contributed by atoms with E-state index in [1.165, 1.54) is 4.90 Å². The Bertz CT molecular complexity index is 325. The highest BCUT2D eigenvalue weighted by atomic mass is 19.1. The van der Waals surface area contributed by atoms with Crippen LogP contribution < -0.4 is 0 Å². The highest BCUT2D eigenvalue weighted by Gasteiger charge is 2.40. The molecule has 0 aromatic rings. The van der Waals surface area contributed by atoms with Crippen LogP contribution in [-0.2, 0) is 4.74 Å². The molecule has 5 heteroatoms. The van der Waals surface area contributed by atoms with Crippen LogP contribution >= 0.6 is 0 Å². The van der Waals surface area contributed by atoms with Gasteiger partial charge in [0, 0.05) is 6.54 Å². The summed E-state index contributed by atoms with van der Waals surface area (Å²) >= 11 is 0. The summed E-state index contributed by atoms with van der Waals surface area (Å²) in [5, 5.41) is 9.75. The van der Waals surface area contributed by atoms with Crippen LogP contribution in [0.3, 0.4) is 0 Å². The van der Waals surface area contributed by atoms with Gasteiger partial charge >= 0.3 is 6.09 Å². The van der Waals surface area contributed by atoms with Gasteiger partial charge in [-0.2, -0.15) is 0 Å². The lowest BCUT2D eigenvalue weighted by Crippen LogP contribution is -2.55. The molecule has 2 atom stereocenters. The number of carbonyl (C=O) groups excluding carboxylic acids is 1. The molecule has 0 aromatic heterocycles. The second kappa shape index (κ2) is 5.65. The number of nitrogens with zero attached hydrogens (tertiary/aromatic N) is 1. The zero-order chi connectivity index (χ0) is 14.8. The number of aliphatic hydroxyl groups excluding tert-OH is 1. The van der Waals surface area contributed by atoms with Gasteiger partial charge in [0.25, 0.3) is 0 Å². The van der Waals surface area contributed by atoms with E-state index in [2.05, 4.69) is 13.8 Å². The van der Waals surface area contributed by atoms with E-state index >= 15 is 0 Å². The summed E-state index contributed by atoms with van der Waals surface area (Å²) in [5.41, 5.74) is -0.632. The summed E-state index contributed by atoms with van der Waals surface area (Å²) in [7, 11) is 0. The normalized spacial score (nSPS) is 25.0. The molecule has 0 saturated carbocycles. The predicted octanol–water partition coefficient (Wildman–Crippen LogP) is 2.74. The van der Waals surface area contributed by atoms with Crippen molar-refractivity contribution < 1.29 is 19.0 Å². The Morgan fingerprint density at radius 1 is 1.53 bits per heavy atom. The summed E-state index contributed by atoms with van der Waals surface area (Å²) in [4.78, 5) is 13.7. The summed E-state index contributed by atoms with van der Waals surface area (Å²) in [6.07, 6.45) is -0.160. The molecule has 1 fully saturated rings. The van der Waals surface area contributed by atoms with Gasteiger partial charge in [-0.1, -0.05) is 13.8 Å². The first-order chi connectivity index (χ1) is 8.56. The Labute approximate surface area is 114 Å². The molecule has 0 bridgehead atoms. The number of hydrogen-bond acceptors (Lipinski definition) is 3. The summed E-state index contributed by atoms with van der Waals surface area (Å²) in [5.74, 6) is 0. The fraction of sp³-hybridized carbons (Fsp3) is 0.929. The SMILES string of the molecule is CC1(C)CCC(C(O)CF)N(C(=O)OC(C)(C)C)C1. The maximum absolute atomic E-state index is 12.7. The lowest BCUT2D eigenvalue weighted by atomic mass is 9.80. The van der Waals surface area contributed by atoms with Crippen molar-refractivity contribution in [1.82, 2.24) is 4.90 Å². The Hall–Kier alpha value is -0.840. The van der Waals surface area contributed by atoms with Crippen molar-refractivity contribution in [2.45, 2.75) is 65.2 Å². The molecule has 1 N–H and O–H groups in total. The van der Waals surface area contributed by atoms with Gasteiger partial charge in [0.1, 0.15) is 18.4 Å². The third-order valence-electron chi connectivity index (χ3n) is 3.35. The smallest absolute Gasteiger partial charge is 0.410 e. The minimum absolute atomic E-state index is 0.0383. The molecule has 19 heavy (non-hydrogen) atoms. The molecule has 1 rings (SSSR count). The van der Waals surface area contributed by atoms with Crippen molar-refractivity contribution in [2.75, 3.05) is 13.2 Å². The Balaban J connectivity index is 2.85. The van der Waals surface area contributed by atoms with Crippen LogP contribution in [-0.4, -0.2) is 47.1 Å². The number of halogens is 1. The Kier molecular flexibility index (Phi) is 4.82. The van der Waals surface area contributed by atoms with Crippen molar-refractivity contribution in [3.63, 3.8) is 0 Å². The number of hydrogen-bond donors (Lipinski definition) is 1. The number of rotatable bonds is 2. The molecule has 1 aliphatic heterocycles. The number of alkyl halides is 1. The number of ether oxygens (including phenoxy) is 1. The molecule has 0 aromatic carbocycles. The van der Waals surface area contributed by atoms with E-state index in [-0.39, 0.29) is 5.41 Å². The molecule has 0 radical (unpaired) electrons. The van der Waals surface area contributed by atoms with Crippen LogP contribution in [0.2, 0.25) is 0 Å². The largest absolute Gasteiger partial charge is 0.444 e. The number of aliphatic hydroxyl groups is 1. The molecular weight excluding hydrogens is 249 g/mol. The number of carbonyl (C=O) groups is 1. The van der Waals surface area contributed by atoms with Gasteiger partial charge < -0.3 is 14.7 Å². The predicted molar refractivity (Wildman–Crippen MR) is 71.7 cm³/mol. The highest BCUT2D eigenvalue weighted by molar-refractivity contribution is 5.69. The average molecular weight is 275 g/mol. The first-order valence-electron chi connectivity index (χ1n) is 6.79. The van der Waals surface area contributed by atoms with E-state index in [1.54, 1.807) is 20.8 Å². The second-order valence-corrected chi connectivity index (χ2v) is 7.10. The van der Waals surface area contributed by atoms with E-state index < -0.39 is 30.5 Å². The van der Waals surface area contributed by atoms with Crippen LogP contribution in [0, 0.1) is 5.41 Å². The molecule has 2 unspecified atom stereocenters. The zero-order valence-corrected chi connectivity index (χ0v) is 12.6. The monoisotopic (exact) mass is 275 g/mol. The third kappa shape index (κ3) is 4.64. The molecule has 1 amide bonds. The average Bonchev–Trinajstić information content (AvgIpc) is 2.24. The van der Waals surface area contributed by atoms with E-state index in [0.29, 0.717) is 13.0 Å². The topological polar surface area (TPSA) is 49.8 Å². The minimum atomic E-state index is -1.14. The quantitative estimate of drug-likeness (QED) is 0.843. The molecule has 4 nitrogen and oxygen atoms in total. The zero-order valence-electron chi connectivity index (χ0n) is 12.6. The number of amides is 1. The van der Waals surface area contributed by atoms with Gasteiger partial charge in [-0.05, 0) is 39.0 Å². The number of likely N-dealkylation sites (tertiary alicyclic amines) is 1. The lowest BCUT2D eigenvalue weighted by Gasteiger charge is -2.45. The van der Waals surface area contributed by atoms with Crippen molar-refractivity contribution in [3.05, 3.63) is 0 Å². The molecular formula is C14H26FNO3. The van der Waals surface area contributed by atoms with Gasteiger partial charge in [0.2, 0.25) is 0 Å². The lowest BCUT2D eigenvalue weighted by molar-refractivity contribution is -0.0415. The molecule has 1 saturated heterocycles. The Morgan fingerprint density at radius 2 is 2.11 bits per heavy atom. The summed E-state index contributed by atoms with van der Waals surface area (Å²) in [6, 6.07) is -0.493. The van der Waals surface area contributed by atoms with Gasteiger partial charge in [0.05, 0.1) is 6.04 Å². The van der Waals surface area contributed by atoms with Crippen LogP contribution in [0.4, 0.5) is 9.18 Å². The van der Waals surface area contributed by atoms with Crippen LogP contribution in [0.15, 0.2) is 0 Å². The summed E-state index contributed by atoms with van der Waals surface area (Å²) in [6.45, 7) is 9.13. The van der Waals surface area contributed by atoms with E-state index in [0.717, 1.165) is 6.42 Å². The molecule has 112 valence electrons. The third-order valence-corrected chi connectivity index (χ3v) is 3.35. The fourth-order valence-corrected chi connectivity index (χ4v) is 2.38. The Morgan fingerprint density at radius 3 is 2.58 bits per heavy atom. The molecule has 0 spiro atoms. The maximum atomic E-state index is 12.7. The molecule has 1 aliphatic rings. The fourth-order valence-electron chi connectivity index (χ4n) is 2.38. The van der Waals surface area contributed by atoms with E-state index in [9.17, 15) is 14.3 Å². The van der Waals surface area contributed by atoms with Gasteiger partial charge in [-0.3, -0.25) is 0 Å². The molecule has 0 aliphatic carbocycles. The van der Waals surface area contributed by atoms with Crippen molar-refractivity contribution in [1.29, 1.82) is 0 Å². The standard InChI is InChI=1S/C14H26FNO3/c1-13(2,3)19-12(18)16-9-14(4,5)7-6-10(16)11(17)8-15/h10-11,17H,6-9H2,1-5H3. The van der Waals surface area contributed by atoms with Crippen molar-refractivity contribution >= 4 is 6.09 Å². The van der Waals surface area contributed by atoms with Crippen LogP contribution in [0.25, 0.3) is 0 Å². The minimum Gasteiger partial charge on any atom is -0.444 e. The van der Waals surface area contributed by atoms with Gasteiger partial charge in [-0.15, -0.1) is 0 Å². The van der Waals surface area contributed by atoms with Crippen molar-refractivity contribution in [2.24, 2.45) is 5.41 Å². The van der Waals surface area contributed by atoms with Gasteiger partial charge in [-0.25, -0.2) is 9.18 Å². The van der Waals surface area contributed by atoms with Crippen molar-refractivity contribution in [3.8, 4) is 0 Å². The van der Waals surface area contributed by atoms with E-state index in [4.69, 9.17) is 4.74 Å². The van der Waals surface area contributed by atoms with E-state index in [1.807, 2.05) is 0 Å². The summed E-state index contributed by atoms with van der Waals surface area (Å²) < 4.78 is 18.1. The first kappa shape index (κ1) is 16.2.